The number of ether oxygens (including phenoxy) is 1. The highest BCUT2D eigenvalue weighted by molar-refractivity contribution is 6.06. The maximum absolute atomic E-state index is 12.9. The fraction of sp³-hybridized carbons (Fsp3) is 0.429. The Kier molecular flexibility index (Phi) is 5.17. The third kappa shape index (κ3) is 3.75. The molecule has 3 aliphatic heterocycles. The van der Waals surface area contributed by atoms with Gasteiger partial charge in [0.25, 0.3) is 5.91 Å². The first-order valence-corrected chi connectivity index (χ1v) is 10.5. The van der Waals surface area contributed by atoms with E-state index in [0.29, 0.717) is 30.0 Å². The molecule has 11 nitrogen and oxygen atoms in total. The Morgan fingerprint density at radius 2 is 2.12 bits per heavy atom. The van der Waals surface area contributed by atoms with Gasteiger partial charge in [0.05, 0.1) is 12.3 Å². The molecule has 0 radical (unpaired) electrons. The SMILES string of the molecule is O=C1CCC(N2Cc3c(NC(=O)Cn4cc(C5CCOC5)nn4)cccc3C2=O)C(=O)N1. The molecule has 2 N–H and O–H groups in total. The predicted octanol–water partition coefficient (Wildman–Crippen LogP) is 0.182. The number of piperidine rings is 1. The van der Waals surface area contributed by atoms with Crippen molar-refractivity contribution in [2.24, 2.45) is 0 Å². The summed E-state index contributed by atoms with van der Waals surface area (Å²) in [5, 5.41) is 13.3. The highest BCUT2D eigenvalue weighted by Crippen LogP contribution is 2.32. The van der Waals surface area contributed by atoms with Crippen LogP contribution in [0.15, 0.2) is 24.4 Å². The molecule has 0 saturated carbocycles. The van der Waals surface area contributed by atoms with Gasteiger partial charge in [-0.3, -0.25) is 24.5 Å². The van der Waals surface area contributed by atoms with Gasteiger partial charge < -0.3 is 15.0 Å². The molecular weight excluding hydrogens is 416 g/mol. The summed E-state index contributed by atoms with van der Waals surface area (Å²) in [6.07, 6.45) is 3.11. The molecule has 1 aromatic heterocycles. The van der Waals surface area contributed by atoms with Crippen LogP contribution >= 0.6 is 0 Å². The number of carbonyl (C=O) groups excluding carboxylic acids is 4. The summed E-state index contributed by atoms with van der Waals surface area (Å²) in [4.78, 5) is 50.7. The molecular formula is C21H22N6O5. The standard InChI is InChI=1S/C21H22N6O5/c28-18-5-4-17(20(30)23-18)27-8-14-13(21(27)31)2-1-3-15(14)22-19(29)10-26-9-16(24-25-26)12-6-7-32-11-12/h1-3,9,12,17H,4-8,10-11H2,(H,22,29)(H,23,28,30). The minimum absolute atomic E-state index is 0.0188. The van der Waals surface area contributed by atoms with Gasteiger partial charge >= 0.3 is 0 Å². The Hall–Kier alpha value is -3.60. The van der Waals surface area contributed by atoms with Gasteiger partial charge in [0, 0.05) is 48.5 Å². The summed E-state index contributed by atoms with van der Waals surface area (Å²) in [6, 6.07) is 4.38. The molecule has 0 aliphatic carbocycles. The quantitative estimate of drug-likeness (QED) is 0.636. The van der Waals surface area contributed by atoms with Crippen LogP contribution in [0.3, 0.4) is 0 Å². The smallest absolute Gasteiger partial charge is 0.255 e. The van der Waals surface area contributed by atoms with Crippen LogP contribution in [0, 0.1) is 0 Å². The first kappa shape index (κ1) is 20.3. The number of hydrogen-bond donors (Lipinski definition) is 2. The lowest BCUT2D eigenvalue weighted by atomic mass is 10.0. The fourth-order valence-electron chi connectivity index (χ4n) is 4.39. The second-order valence-corrected chi connectivity index (χ2v) is 8.18. The number of nitrogens with one attached hydrogen (secondary N) is 2. The van der Waals surface area contributed by atoms with Crippen molar-refractivity contribution in [2.45, 2.75) is 44.3 Å². The van der Waals surface area contributed by atoms with Crippen LogP contribution in [0.5, 0.6) is 0 Å². The molecule has 11 heteroatoms. The monoisotopic (exact) mass is 438 g/mol. The first-order chi connectivity index (χ1) is 15.5. The van der Waals surface area contributed by atoms with E-state index in [9.17, 15) is 19.2 Å². The van der Waals surface area contributed by atoms with Gasteiger partial charge in [-0.2, -0.15) is 0 Å². The molecule has 2 aromatic rings. The Morgan fingerprint density at radius 1 is 1.25 bits per heavy atom. The summed E-state index contributed by atoms with van der Waals surface area (Å²) in [5.74, 6) is -1.19. The average molecular weight is 438 g/mol. The molecule has 0 bridgehead atoms. The number of benzene rings is 1. The zero-order valence-corrected chi connectivity index (χ0v) is 17.2. The molecule has 2 atom stereocenters. The Bertz CT molecular complexity index is 1110. The van der Waals surface area contributed by atoms with Gasteiger partial charge in [0.15, 0.2) is 0 Å². The molecule has 2 unspecified atom stereocenters. The molecule has 166 valence electrons. The molecule has 3 aliphatic rings. The van der Waals surface area contributed by atoms with Crippen LogP contribution in [0.25, 0.3) is 0 Å². The Balaban J connectivity index is 1.28. The summed E-state index contributed by atoms with van der Waals surface area (Å²) < 4.78 is 6.85. The second kappa shape index (κ2) is 8.15. The molecule has 4 amide bonds. The highest BCUT2D eigenvalue weighted by Gasteiger charge is 2.40. The minimum atomic E-state index is -0.704. The third-order valence-electron chi connectivity index (χ3n) is 6.07. The number of imide groups is 1. The van der Waals surface area contributed by atoms with Gasteiger partial charge in [-0.05, 0) is 25.0 Å². The summed E-state index contributed by atoms with van der Waals surface area (Å²) in [7, 11) is 0. The Morgan fingerprint density at radius 3 is 2.91 bits per heavy atom. The topological polar surface area (TPSA) is 136 Å². The normalized spacial score (nSPS) is 22.8. The summed E-state index contributed by atoms with van der Waals surface area (Å²) >= 11 is 0. The van der Waals surface area contributed by atoms with Crippen LogP contribution < -0.4 is 10.6 Å². The van der Waals surface area contributed by atoms with Crippen molar-refractivity contribution in [1.29, 1.82) is 0 Å². The van der Waals surface area contributed by atoms with Gasteiger partial charge in [-0.1, -0.05) is 11.3 Å². The van der Waals surface area contributed by atoms with Crippen LogP contribution in [-0.4, -0.2) is 62.8 Å². The first-order valence-electron chi connectivity index (χ1n) is 10.5. The lowest BCUT2D eigenvalue weighted by molar-refractivity contribution is -0.137. The van der Waals surface area contributed by atoms with Gasteiger partial charge in [-0.25, -0.2) is 4.68 Å². The van der Waals surface area contributed by atoms with Crippen molar-refractivity contribution in [3.63, 3.8) is 0 Å². The maximum Gasteiger partial charge on any atom is 0.255 e. The number of rotatable bonds is 5. The van der Waals surface area contributed by atoms with E-state index < -0.39 is 11.9 Å². The van der Waals surface area contributed by atoms with Crippen LogP contribution in [-0.2, 0) is 32.2 Å². The van der Waals surface area contributed by atoms with Gasteiger partial charge in [-0.15, -0.1) is 5.10 Å². The number of carbonyl (C=O) groups is 4. The highest BCUT2D eigenvalue weighted by atomic mass is 16.5. The lowest BCUT2D eigenvalue weighted by Crippen LogP contribution is -2.52. The average Bonchev–Trinajstić information content (AvgIpc) is 3.50. The maximum atomic E-state index is 12.9. The number of aromatic nitrogens is 3. The zero-order chi connectivity index (χ0) is 22.2. The lowest BCUT2D eigenvalue weighted by Gasteiger charge is -2.29. The van der Waals surface area contributed by atoms with E-state index in [1.54, 1.807) is 24.4 Å². The van der Waals surface area contributed by atoms with Crippen molar-refractivity contribution in [3.8, 4) is 0 Å². The number of anilines is 1. The van der Waals surface area contributed by atoms with Crippen molar-refractivity contribution >= 4 is 29.3 Å². The minimum Gasteiger partial charge on any atom is -0.381 e. The number of nitrogens with zero attached hydrogens (tertiary/aromatic N) is 4. The number of hydrogen-bond acceptors (Lipinski definition) is 7. The number of amides is 4. The van der Waals surface area contributed by atoms with E-state index >= 15 is 0 Å². The summed E-state index contributed by atoms with van der Waals surface area (Å²) in [6.45, 7) is 1.48. The van der Waals surface area contributed by atoms with E-state index in [-0.39, 0.29) is 49.6 Å². The Labute approximate surface area is 183 Å². The zero-order valence-electron chi connectivity index (χ0n) is 17.2. The third-order valence-corrected chi connectivity index (χ3v) is 6.07. The molecule has 5 rings (SSSR count). The van der Waals surface area contributed by atoms with Gasteiger partial charge in [0.2, 0.25) is 17.7 Å². The fourth-order valence-corrected chi connectivity index (χ4v) is 4.39. The van der Waals surface area contributed by atoms with E-state index in [2.05, 4.69) is 20.9 Å². The predicted molar refractivity (Wildman–Crippen MR) is 109 cm³/mol. The van der Waals surface area contributed by atoms with Crippen molar-refractivity contribution < 1.29 is 23.9 Å². The van der Waals surface area contributed by atoms with E-state index in [4.69, 9.17) is 4.74 Å². The van der Waals surface area contributed by atoms with E-state index in [1.165, 1.54) is 9.58 Å². The largest absolute Gasteiger partial charge is 0.381 e. The van der Waals surface area contributed by atoms with Crippen LogP contribution in [0.2, 0.25) is 0 Å². The molecule has 2 saturated heterocycles. The molecule has 4 heterocycles. The van der Waals surface area contributed by atoms with Crippen molar-refractivity contribution in [2.75, 3.05) is 18.5 Å². The number of fused-ring (bicyclic) bond motifs is 1. The molecule has 32 heavy (non-hydrogen) atoms. The molecule has 1 aromatic carbocycles. The second-order valence-electron chi connectivity index (χ2n) is 8.18. The van der Waals surface area contributed by atoms with Gasteiger partial charge in [0.1, 0.15) is 12.6 Å². The van der Waals surface area contributed by atoms with E-state index in [1.807, 2.05) is 0 Å². The molecule has 2 fully saturated rings. The van der Waals surface area contributed by atoms with Crippen molar-refractivity contribution in [1.82, 2.24) is 25.2 Å². The van der Waals surface area contributed by atoms with Crippen LogP contribution in [0.4, 0.5) is 5.69 Å². The molecule has 0 spiro atoms. The van der Waals surface area contributed by atoms with Crippen LogP contribution in [0.1, 0.15) is 46.8 Å². The van der Waals surface area contributed by atoms with Crippen molar-refractivity contribution in [3.05, 3.63) is 41.2 Å². The summed E-state index contributed by atoms with van der Waals surface area (Å²) in [5.41, 5.74) is 2.41. The van der Waals surface area contributed by atoms with E-state index in [0.717, 1.165) is 12.1 Å².